The van der Waals surface area contributed by atoms with Crippen LogP contribution in [0.25, 0.3) is 0 Å². The molecule has 0 saturated carbocycles. The van der Waals surface area contributed by atoms with Gasteiger partial charge in [0, 0.05) is 0 Å². The van der Waals surface area contributed by atoms with Crippen LogP contribution in [0.2, 0.25) is 0 Å². The van der Waals surface area contributed by atoms with E-state index in [-0.39, 0.29) is 11.4 Å². The monoisotopic (exact) mass is 199 g/mol. The molecule has 1 N–H and O–H groups in total. The van der Waals surface area contributed by atoms with Crippen LogP contribution in [0.1, 0.15) is 23.7 Å². The Bertz CT molecular complexity index is 341. The van der Waals surface area contributed by atoms with Gasteiger partial charge in [-0.1, -0.05) is 6.92 Å². The van der Waals surface area contributed by atoms with E-state index in [9.17, 15) is 9.18 Å². The molecular formula is C9H10FNO3. The van der Waals surface area contributed by atoms with Crippen LogP contribution in [0.15, 0.2) is 12.1 Å². The van der Waals surface area contributed by atoms with Gasteiger partial charge in [-0.3, -0.25) is 0 Å². The van der Waals surface area contributed by atoms with Crippen molar-refractivity contribution in [2.75, 3.05) is 6.61 Å². The number of pyridine rings is 1. The molecule has 1 aromatic rings. The molecule has 0 bridgehead atoms. The number of ether oxygens (including phenoxy) is 1. The van der Waals surface area contributed by atoms with Crippen LogP contribution in [-0.2, 0) is 0 Å². The van der Waals surface area contributed by atoms with Gasteiger partial charge in [0.05, 0.1) is 6.61 Å². The molecule has 0 atom stereocenters. The van der Waals surface area contributed by atoms with Crippen LogP contribution in [0.3, 0.4) is 0 Å². The zero-order valence-electron chi connectivity index (χ0n) is 7.66. The van der Waals surface area contributed by atoms with Crippen molar-refractivity contribution in [3.63, 3.8) is 0 Å². The molecule has 76 valence electrons. The van der Waals surface area contributed by atoms with Crippen molar-refractivity contribution < 1.29 is 19.0 Å². The van der Waals surface area contributed by atoms with Crippen molar-refractivity contribution in [3.05, 3.63) is 23.6 Å². The predicted octanol–water partition coefficient (Wildman–Crippen LogP) is 1.71. The largest absolute Gasteiger partial charge is 0.477 e. The smallest absolute Gasteiger partial charge is 0.341 e. The molecule has 1 heterocycles. The molecule has 0 unspecified atom stereocenters. The van der Waals surface area contributed by atoms with Crippen molar-refractivity contribution >= 4 is 5.97 Å². The van der Waals surface area contributed by atoms with Crippen LogP contribution >= 0.6 is 0 Å². The lowest BCUT2D eigenvalue weighted by molar-refractivity contribution is 0.0691. The van der Waals surface area contributed by atoms with E-state index < -0.39 is 11.9 Å². The van der Waals surface area contributed by atoms with E-state index in [1.165, 1.54) is 0 Å². The molecule has 1 aromatic heterocycles. The van der Waals surface area contributed by atoms with Gasteiger partial charge in [-0.2, -0.15) is 9.37 Å². The highest BCUT2D eigenvalue weighted by Crippen LogP contribution is 2.15. The number of carboxylic acids is 1. The van der Waals surface area contributed by atoms with Crippen molar-refractivity contribution in [1.29, 1.82) is 0 Å². The summed E-state index contributed by atoms with van der Waals surface area (Å²) >= 11 is 0. The second-order valence-electron chi connectivity index (χ2n) is 2.64. The number of hydrogen-bond acceptors (Lipinski definition) is 3. The predicted molar refractivity (Wildman–Crippen MR) is 46.9 cm³/mol. The van der Waals surface area contributed by atoms with Gasteiger partial charge in [-0.15, -0.1) is 0 Å². The van der Waals surface area contributed by atoms with Crippen LogP contribution in [0.5, 0.6) is 5.88 Å². The second-order valence-corrected chi connectivity index (χ2v) is 2.64. The Balaban J connectivity index is 2.97. The van der Waals surface area contributed by atoms with E-state index in [1.807, 2.05) is 6.92 Å². The summed E-state index contributed by atoms with van der Waals surface area (Å²) in [5.74, 6) is -2.09. The van der Waals surface area contributed by atoms with Crippen LogP contribution < -0.4 is 4.74 Å². The molecule has 0 radical (unpaired) electrons. The summed E-state index contributed by atoms with van der Waals surface area (Å²) in [4.78, 5) is 14.0. The average Bonchev–Trinajstić information content (AvgIpc) is 2.14. The molecule has 0 aliphatic heterocycles. The number of carboxylic acid groups (broad SMARTS) is 1. The molecule has 1 rings (SSSR count). The molecular weight excluding hydrogens is 189 g/mol. The molecule has 5 heteroatoms. The molecule has 0 amide bonds. The summed E-state index contributed by atoms with van der Waals surface area (Å²) < 4.78 is 17.7. The first-order chi connectivity index (χ1) is 6.65. The van der Waals surface area contributed by atoms with E-state index in [4.69, 9.17) is 9.84 Å². The summed E-state index contributed by atoms with van der Waals surface area (Å²) in [6.45, 7) is 2.18. The van der Waals surface area contributed by atoms with Crippen molar-refractivity contribution in [2.45, 2.75) is 13.3 Å². The zero-order valence-corrected chi connectivity index (χ0v) is 7.66. The highest BCUT2D eigenvalue weighted by atomic mass is 19.1. The van der Waals surface area contributed by atoms with Crippen molar-refractivity contribution in [2.24, 2.45) is 0 Å². The van der Waals surface area contributed by atoms with Gasteiger partial charge in [0.1, 0.15) is 5.56 Å². The minimum Gasteiger partial charge on any atom is -0.477 e. The molecule has 0 aliphatic carbocycles. The number of hydrogen-bond donors (Lipinski definition) is 1. The first kappa shape index (κ1) is 10.4. The highest BCUT2D eigenvalue weighted by Gasteiger charge is 2.13. The van der Waals surface area contributed by atoms with E-state index >= 15 is 0 Å². The number of aromatic carboxylic acids is 1. The Hall–Kier alpha value is -1.65. The maximum absolute atomic E-state index is 12.7. The van der Waals surface area contributed by atoms with Crippen LogP contribution in [0, 0.1) is 5.95 Å². The zero-order chi connectivity index (χ0) is 10.6. The number of aromatic nitrogens is 1. The normalized spacial score (nSPS) is 9.86. The van der Waals surface area contributed by atoms with Gasteiger partial charge >= 0.3 is 5.97 Å². The molecule has 0 fully saturated rings. The summed E-state index contributed by atoms with van der Waals surface area (Å²) in [6, 6.07) is 2.12. The fraction of sp³-hybridized carbons (Fsp3) is 0.333. The Labute approximate surface area is 80.3 Å². The fourth-order valence-electron chi connectivity index (χ4n) is 0.889. The maximum atomic E-state index is 12.7. The SMILES string of the molecule is CCCOc1nc(F)ccc1C(=O)O. The van der Waals surface area contributed by atoms with Crippen molar-refractivity contribution in [3.8, 4) is 5.88 Å². The second kappa shape index (κ2) is 4.55. The molecule has 14 heavy (non-hydrogen) atoms. The molecule has 0 saturated heterocycles. The van der Waals surface area contributed by atoms with Gasteiger partial charge < -0.3 is 9.84 Å². The molecule has 0 aliphatic rings. The maximum Gasteiger partial charge on any atom is 0.341 e. The Morgan fingerprint density at radius 2 is 2.36 bits per heavy atom. The lowest BCUT2D eigenvalue weighted by Gasteiger charge is -2.05. The summed E-state index contributed by atoms with van der Waals surface area (Å²) in [5.41, 5.74) is -0.125. The van der Waals surface area contributed by atoms with Gasteiger partial charge in [0.2, 0.25) is 11.8 Å². The van der Waals surface area contributed by atoms with Gasteiger partial charge in [-0.25, -0.2) is 4.79 Å². The number of nitrogens with zero attached hydrogens (tertiary/aromatic N) is 1. The summed E-state index contributed by atoms with van der Waals surface area (Å²) in [6.07, 6.45) is 0.706. The standard InChI is InChI=1S/C9H10FNO3/c1-2-5-14-8-6(9(12)13)3-4-7(10)11-8/h3-4H,2,5H2,1H3,(H,12,13). The van der Waals surface area contributed by atoms with E-state index in [1.54, 1.807) is 0 Å². The third-order valence-corrected chi connectivity index (χ3v) is 1.50. The van der Waals surface area contributed by atoms with E-state index in [0.29, 0.717) is 13.0 Å². The fourth-order valence-corrected chi connectivity index (χ4v) is 0.889. The topological polar surface area (TPSA) is 59.4 Å². The number of carbonyl (C=O) groups is 1. The quantitative estimate of drug-likeness (QED) is 0.750. The summed E-state index contributed by atoms with van der Waals surface area (Å²) in [7, 11) is 0. The lowest BCUT2D eigenvalue weighted by atomic mass is 10.3. The van der Waals surface area contributed by atoms with Gasteiger partial charge in [0.25, 0.3) is 0 Å². The third-order valence-electron chi connectivity index (χ3n) is 1.50. The highest BCUT2D eigenvalue weighted by molar-refractivity contribution is 5.90. The van der Waals surface area contributed by atoms with E-state index in [2.05, 4.69) is 4.98 Å². The molecule has 4 nitrogen and oxygen atoms in total. The molecule has 0 spiro atoms. The van der Waals surface area contributed by atoms with Gasteiger partial charge in [0.15, 0.2) is 0 Å². The Morgan fingerprint density at radius 3 is 2.93 bits per heavy atom. The third kappa shape index (κ3) is 2.42. The van der Waals surface area contributed by atoms with Crippen molar-refractivity contribution in [1.82, 2.24) is 4.98 Å². The average molecular weight is 199 g/mol. The lowest BCUT2D eigenvalue weighted by Crippen LogP contribution is -2.06. The molecule has 0 aromatic carbocycles. The first-order valence-electron chi connectivity index (χ1n) is 4.17. The summed E-state index contributed by atoms with van der Waals surface area (Å²) in [5, 5.41) is 8.71. The Morgan fingerprint density at radius 1 is 1.64 bits per heavy atom. The van der Waals surface area contributed by atoms with Gasteiger partial charge in [-0.05, 0) is 18.6 Å². The van der Waals surface area contributed by atoms with E-state index in [0.717, 1.165) is 12.1 Å². The minimum atomic E-state index is -1.18. The number of halogens is 1. The number of rotatable bonds is 4. The Kier molecular flexibility index (Phi) is 3.39. The van der Waals surface area contributed by atoms with Crippen LogP contribution in [0.4, 0.5) is 4.39 Å². The van der Waals surface area contributed by atoms with Crippen LogP contribution in [-0.4, -0.2) is 22.7 Å². The minimum absolute atomic E-state index is 0.125. The first-order valence-corrected chi connectivity index (χ1v) is 4.17.